The van der Waals surface area contributed by atoms with Crippen LogP contribution in [0.2, 0.25) is 0 Å². The lowest BCUT2D eigenvalue weighted by Crippen LogP contribution is -2.43. The Kier molecular flexibility index (Phi) is 5.49. The zero-order chi connectivity index (χ0) is 18.4. The highest BCUT2D eigenvalue weighted by atomic mass is 16.2. The molecule has 2 aromatic rings. The molecule has 26 heavy (non-hydrogen) atoms. The van der Waals surface area contributed by atoms with Crippen LogP contribution in [-0.4, -0.2) is 29.9 Å². The molecule has 1 aliphatic rings. The lowest BCUT2D eigenvalue weighted by atomic mass is 9.96. The molecule has 3 amide bonds. The topological polar surface area (TPSA) is 85.2 Å². The van der Waals surface area contributed by atoms with E-state index in [0.717, 1.165) is 5.69 Å². The second-order valence-electron chi connectivity index (χ2n) is 6.24. The van der Waals surface area contributed by atoms with Gasteiger partial charge in [-0.25, -0.2) is 4.79 Å². The fraction of sp³-hybridized carbons (Fsp3) is 0.250. The Morgan fingerprint density at radius 3 is 2.35 bits per heavy atom. The Balaban J connectivity index is 1.50. The van der Waals surface area contributed by atoms with Gasteiger partial charge < -0.3 is 15.5 Å². The molecular formula is C20H20N4O2. The van der Waals surface area contributed by atoms with E-state index in [-0.39, 0.29) is 17.9 Å². The number of anilines is 2. The molecule has 0 aliphatic carbocycles. The molecule has 0 radical (unpaired) electrons. The number of piperidine rings is 1. The lowest BCUT2D eigenvalue weighted by Gasteiger charge is -2.31. The normalized spacial score (nSPS) is 14.3. The zero-order valence-electron chi connectivity index (χ0n) is 14.3. The van der Waals surface area contributed by atoms with Gasteiger partial charge in [0.15, 0.2) is 0 Å². The van der Waals surface area contributed by atoms with E-state index in [4.69, 9.17) is 5.26 Å². The number of nitrogens with zero attached hydrogens (tertiary/aromatic N) is 2. The standard InChI is InChI=1S/C20H20N4O2/c21-14-15-5-4-8-18(13-15)22-19(25)16-9-11-24(12-10-16)20(26)23-17-6-2-1-3-7-17/h1-8,13,16H,9-12H2,(H,22,25)(H,23,26). The Hall–Kier alpha value is -3.33. The third-order valence-corrected chi connectivity index (χ3v) is 4.44. The average molecular weight is 348 g/mol. The summed E-state index contributed by atoms with van der Waals surface area (Å²) in [4.78, 5) is 26.4. The van der Waals surface area contributed by atoms with Gasteiger partial charge in [-0.15, -0.1) is 0 Å². The monoisotopic (exact) mass is 348 g/mol. The fourth-order valence-corrected chi connectivity index (χ4v) is 2.98. The largest absolute Gasteiger partial charge is 0.326 e. The molecule has 0 aromatic heterocycles. The predicted octanol–water partition coefficient (Wildman–Crippen LogP) is 3.44. The number of benzene rings is 2. The Morgan fingerprint density at radius 2 is 1.65 bits per heavy atom. The fourth-order valence-electron chi connectivity index (χ4n) is 2.98. The number of amides is 3. The molecule has 0 spiro atoms. The van der Waals surface area contributed by atoms with Crippen molar-refractivity contribution in [2.45, 2.75) is 12.8 Å². The second-order valence-corrected chi connectivity index (χ2v) is 6.24. The smallest absolute Gasteiger partial charge is 0.321 e. The quantitative estimate of drug-likeness (QED) is 0.891. The minimum Gasteiger partial charge on any atom is -0.326 e. The molecule has 1 saturated heterocycles. The number of para-hydroxylation sites is 1. The number of carbonyl (C=O) groups excluding carboxylic acids is 2. The van der Waals surface area contributed by atoms with Crippen molar-refractivity contribution < 1.29 is 9.59 Å². The van der Waals surface area contributed by atoms with Crippen molar-refractivity contribution in [3.8, 4) is 6.07 Å². The highest BCUT2D eigenvalue weighted by molar-refractivity contribution is 5.93. The maximum absolute atomic E-state index is 12.4. The molecule has 1 heterocycles. The molecule has 2 aromatic carbocycles. The van der Waals surface area contributed by atoms with E-state index in [2.05, 4.69) is 16.7 Å². The zero-order valence-corrected chi connectivity index (χ0v) is 14.3. The molecule has 132 valence electrons. The summed E-state index contributed by atoms with van der Waals surface area (Å²) in [7, 11) is 0. The van der Waals surface area contributed by atoms with Crippen molar-refractivity contribution >= 4 is 23.3 Å². The summed E-state index contributed by atoms with van der Waals surface area (Å²) in [6.45, 7) is 1.07. The number of rotatable bonds is 3. The number of nitriles is 1. The number of hydrogen-bond donors (Lipinski definition) is 2. The molecular weight excluding hydrogens is 328 g/mol. The van der Waals surface area contributed by atoms with Crippen molar-refractivity contribution in [3.05, 3.63) is 60.2 Å². The molecule has 6 heteroatoms. The maximum atomic E-state index is 12.4. The first-order valence-corrected chi connectivity index (χ1v) is 8.58. The van der Waals surface area contributed by atoms with Crippen LogP contribution in [0.1, 0.15) is 18.4 Å². The van der Waals surface area contributed by atoms with E-state index in [1.54, 1.807) is 29.2 Å². The molecule has 1 fully saturated rings. The van der Waals surface area contributed by atoms with E-state index in [1.165, 1.54) is 0 Å². The van der Waals surface area contributed by atoms with E-state index in [1.807, 2.05) is 30.3 Å². The van der Waals surface area contributed by atoms with Gasteiger partial charge in [0.05, 0.1) is 11.6 Å². The first kappa shape index (κ1) is 17.5. The van der Waals surface area contributed by atoms with Crippen molar-refractivity contribution in [1.82, 2.24) is 4.90 Å². The lowest BCUT2D eigenvalue weighted by molar-refractivity contribution is -0.121. The second kappa shape index (κ2) is 8.17. The first-order chi connectivity index (χ1) is 12.7. The van der Waals surface area contributed by atoms with Crippen LogP contribution >= 0.6 is 0 Å². The minimum absolute atomic E-state index is 0.0665. The summed E-state index contributed by atoms with van der Waals surface area (Å²) in [5.41, 5.74) is 1.89. The number of hydrogen-bond acceptors (Lipinski definition) is 3. The summed E-state index contributed by atoms with van der Waals surface area (Å²) >= 11 is 0. The first-order valence-electron chi connectivity index (χ1n) is 8.58. The van der Waals surface area contributed by atoms with Crippen molar-refractivity contribution in [1.29, 1.82) is 5.26 Å². The van der Waals surface area contributed by atoms with E-state index in [9.17, 15) is 9.59 Å². The number of likely N-dealkylation sites (tertiary alicyclic amines) is 1. The summed E-state index contributed by atoms with van der Waals surface area (Å²) in [6.07, 6.45) is 1.23. The summed E-state index contributed by atoms with van der Waals surface area (Å²) < 4.78 is 0. The molecule has 0 bridgehead atoms. The molecule has 0 atom stereocenters. The van der Waals surface area contributed by atoms with E-state index in [0.29, 0.717) is 37.2 Å². The third-order valence-electron chi connectivity index (χ3n) is 4.44. The molecule has 6 nitrogen and oxygen atoms in total. The van der Waals surface area contributed by atoms with Crippen LogP contribution < -0.4 is 10.6 Å². The summed E-state index contributed by atoms with van der Waals surface area (Å²) in [5.74, 6) is -0.204. The maximum Gasteiger partial charge on any atom is 0.321 e. The SMILES string of the molecule is N#Cc1cccc(NC(=O)C2CCN(C(=O)Nc3ccccc3)CC2)c1. The highest BCUT2D eigenvalue weighted by Gasteiger charge is 2.27. The van der Waals surface area contributed by atoms with Crippen LogP contribution in [0.5, 0.6) is 0 Å². The van der Waals surface area contributed by atoms with E-state index < -0.39 is 0 Å². The molecule has 2 N–H and O–H groups in total. The van der Waals surface area contributed by atoms with E-state index >= 15 is 0 Å². The Labute approximate surface area is 152 Å². The molecule has 1 aliphatic heterocycles. The van der Waals surface area contributed by atoms with Gasteiger partial charge in [0.1, 0.15) is 0 Å². The number of nitrogens with one attached hydrogen (secondary N) is 2. The highest BCUT2D eigenvalue weighted by Crippen LogP contribution is 2.21. The van der Waals surface area contributed by atoms with Crippen LogP contribution in [0.3, 0.4) is 0 Å². The summed E-state index contributed by atoms with van der Waals surface area (Å²) in [6, 6.07) is 18.1. The molecule has 3 rings (SSSR count). The Morgan fingerprint density at radius 1 is 0.962 bits per heavy atom. The minimum atomic E-state index is -0.142. The van der Waals surface area contributed by atoms with Gasteiger partial charge in [0.2, 0.25) is 5.91 Å². The predicted molar refractivity (Wildman–Crippen MR) is 99.5 cm³/mol. The number of carbonyl (C=O) groups is 2. The van der Waals surface area contributed by atoms with Crippen LogP contribution in [0.4, 0.5) is 16.2 Å². The Bertz CT molecular complexity index is 821. The van der Waals surface area contributed by atoms with Crippen LogP contribution in [0.15, 0.2) is 54.6 Å². The van der Waals surface area contributed by atoms with Gasteiger partial charge in [-0.3, -0.25) is 4.79 Å². The van der Waals surface area contributed by atoms with Crippen molar-refractivity contribution in [2.24, 2.45) is 5.92 Å². The van der Waals surface area contributed by atoms with Gasteiger partial charge in [-0.2, -0.15) is 5.26 Å². The van der Waals surface area contributed by atoms with Gasteiger partial charge in [-0.1, -0.05) is 24.3 Å². The molecule has 0 saturated carbocycles. The van der Waals surface area contributed by atoms with Gasteiger partial charge in [0.25, 0.3) is 0 Å². The number of urea groups is 1. The van der Waals surface area contributed by atoms with Crippen molar-refractivity contribution in [2.75, 3.05) is 23.7 Å². The van der Waals surface area contributed by atoms with Gasteiger partial charge in [-0.05, 0) is 43.2 Å². The van der Waals surface area contributed by atoms with Crippen molar-refractivity contribution in [3.63, 3.8) is 0 Å². The summed E-state index contributed by atoms with van der Waals surface area (Å²) in [5, 5.41) is 14.7. The van der Waals surface area contributed by atoms with Crippen LogP contribution in [-0.2, 0) is 4.79 Å². The van der Waals surface area contributed by atoms with Crippen LogP contribution in [0, 0.1) is 17.2 Å². The third kappa shape index (κ3) is 4.39. The van der Waals surface area contributed by atoms with Crippen LogP contribution in [0.25, 0.3) is 0 Å². The van der Waals surface area contributed by atoms with Gasteiger partial charge >= 0.3 is 6.03 Å². The average Bonchev–Trinajstić information content (AvgIpc) is 2.69. The molecule has 0 unspecified atom stereocenters. The van der Waals surface area contributed by atoms with Gasteiger partial charge in [0, 0.05) is 30.4 Å².